The maximum atomic E-state index is 14.1. The minimum absolute atomic E-state index is 0.0867. The summed E-state index contributed by atoms with van der Waals surface area (Å²) in [6, 6.07) is 12.5. The van der Waals surface area contributed by atoms with Gasteiger partial charge in [0, 0.05) is 17.2 Å². The van der Waals surface area contributed by atoms with Gasteiger partial charge < -0.3 is 15.2 Å². The van der Waals surface area contributed by atoms with Crippen LogP contribution in [0.5, 0.6) is 11.5 Å². The van der Waals surface area contributed by atoms with Crippen LogP contribution in [-0.2, 0) is 6.61 Å². The Hall–Kier alpha value is -2.07. The third kappa shape index (κ3) is 3.52. The number of methoxy groups -OCH3 is 1. The standard InChI is InChI=1S/C17H20FNO2/c1-3-14(19)13-8-4-5-9-15(13)21-11-12-7-6-10-16(20-2)17(12)18/h4-10,14H,3,11,19H2,1-2H3/t14-/m0/s1. The van der Waals surface area contributed by atoms with E-state index in [0.29, 0.717) is 11.3 Å². The van der Waals surface area contributed by atoms with Crippen molar-refractivity contribution in [2.75, 3.05) is 7.11 Å². The summed E-state index contributed by atoms with van der Waals surface area (Å²) in [5.74, 6) is 0.515. The molecule has 0 heterocycles. The van der Waals surface area contributed by atoms with E-state index in [2.05, 4.69) is 0 Å². The van der Waals surface area contributed by atoms with Crippen LogP contribution in [0.4, 0.5) is 4.39 Å². The van der Waals surface area contributed by atoms with Crippen LogP contribution in [0.3, 0.4) is 0 Å². The normalized spacial score (nSPS) is 12.0. The lowest BCUT2D eigenvalue weighted by Gasteiger charge is -2.16. The molecule has 2 N–H and O–H groups in total. The van der Waals surface area contributed by atoms with Crippen molar-refractivity contribution in [2.45, 2.75) is 26.0 Å². The van der Waals surface area contributed by atoms with E-state index < -0.39 is 5.82 Å². The summed E-state index contributed by atoms with van der Waals surface area (Å²) in [5, 5.41) is 0. The molecule has 0 aromatic heterocycles. The van der Waals surface area contributed by atoms with Gasteiger partial charge in [0.15, 0.2) is 11.6 Å². The Morgan fingerprint density at radius 3 is 2.52 bits per heavy atom. The van der Waals surface area contributed by atoms with E-state index in [1.807, 2.05) is 31.2 Å². The number of nitrogens with two attached hydrogens (primary N) is 1. The zero-order valence-corrected chi connectivity index (χ0v) is 12.3. The van der Waals surface area contributed by atoms with Crippen LogP contribution in [0.15, 0.2) is 42.5 Å². The number of benzene rings is 2. The fourth-order valence-electron chi connectivity index (χ4n) is 2.12. The van der Waals surface area contributed by atoms with Gasteiger partial charge in [-0.3, -0.25) is 0 Å². The van der Waals surface area contributed by atoms with Crippen LogP contribution in [0, 0.1) is 5.82 Å². The molecule has 0 aliphatic rings. The molecule has 4 heteroatoms. The molecule has 0 amide bonds. The Kier molecular flexibility index (Phi) is 5.17. The van der Waals surface area contributed by atoms with E-state index in [9.17, 15) is 4.39 Å². The van der Waals surface area contributed by atoms with Gasteiger partial charge in [-0.15, -0.1) is 0 Å². The Labute approximate surface area is 124 Å². The highest BCUT2D eigenvalue weighted by Gasteiger charge is 2.12. The van der Waals surface area contributed by atoms with Gasteiger partial charge in [0.25, 0.3) is 0 Å². The molecule has 0 saturated heterocycles. The highest BCUT2D eigenvalue weighted by Crippen LogP contribution is 2.27. The highest BCUT2D eigenvalue weighted by atomic mass is 19.1. The largest absolute Gasteiger partial charge is 0.494 e. The molecule has 2 aromatic rings. The molecule has 0 aliphatic heterocycles. The Morgan fingerprint density at radius 2 is 1.81 bits per heavy atom. The van der Waals surface area contributed by atoms with Crippen molar-refractivity contribution in [3.05, 3.63) is 59.4 Å². The van der Waals surface area contributed by atoms with Crippen molar-refractivity contribution in [1.29, 1.82) is 0 Å². The zero-order valence-electron chi connectivity index (χ0n) is 12.3. The number of hydrogen-bond donors (Lipinski definition) is 1. The molecule has 0 fully saturated rings. The monoisotopic (exact) mass is 289 g/mol. The Morgan fingerprint density at radius 1 is 1.10 bits per heavy atom. The van der Waals surface area contributed by atoms with Crippen LogP contribution >= 0.6 is 0 Å². The second kappa shape index (κ2) is 7.09. The average molecular weight is 289 g/mol. The second-order valence-corrected chi connectivity index (χ2v) is 4.77. The molecule has 3 nitrogen and oxygen atoms in total. The minimum atomic E-state index is -0.391. The first-order valence-corrected chi connectivity index (χ1v) is 6.96. The zero-order chi connectivity index (χ0) is 15.2. The van der Waals surface area contributed by atoms with Crippen molar-refractivity contribution in [2.24, 2.45) is 5.73 Å². The van der Waals surface area contributed by atoms with E-state index in [1.54, 1.807) is 18.2 Å². The van der Waals surface area contributed by atoms with Crippen LogP contribution in [0.1, 0.15) is 30.5 Å². The molecule has 0 aliphatic carbocycles. The number of rotatable bonds is 6. The number of ether oxygens (including phenoxy) is 2. The third-order valence-electron chi connectivity index (χ3n) is 3.40. The Balaban J connectivity index is 2.17. The SMILES string of the molecule is CC[C@H](N)c1ccccc1OCc1cccc(OC)c1F. The van der Waals surface area contributed by atoms with E-state index >= 15 is 0 Å². The van der Waals surface area contributed by atoms with Crippen molar-refractivity contribution in [3.63, 3.8) is 0 Å². The lowest BCUT2D eigenvalue weighted by atomic mass is 10.0. The van der Waals surface area contributed by atoms with Crippen LogP contribution < -0.4 is 15.2 Å². The molecule has 112 valence electrons. The van der Waals surface area contributed by atoms with E-state index in [4.69, 9.17) is 15.2 Å². The molecule has 1 atom stereocenters. The smallest absolute Gasteiger partial charge is 0.171 e. The maximum absolute atomic E-state index is 14.1. The molecule has 21 heavy (non-hydrogen) atoms. The van der Waals surface area contributed by atoms with Crippen molar-refractivity contribution in [1.82, 2.24) is 0 Å². The fourth-order valence-corrected chi connectivity index (χ4v) is 2.12. The van der Waals surface area contributed by atoms with Gasteiger partial charge in [-0.25, -0.2) is 4.39 Å². The summed E-state index contributed by atoms with van der Waals surface area (Å²) in [5.41, 5.74) is 7.45. The topological polar surface area (TPSA) is 44.5 Å². The first-order chi connectivity index (χ1) is 10.2. The van der Waals surface area contributed by atoms with Gasteiger partial charge in [-0.1, -0.05) is 37.3 Å². The van der Waals surface area contributed by atoms with Gasteiger partial charge in [0.05, 0.1) is 7.11 Å². The molecule has 2 rings (SSSR count). The summed E-state index contributed by atoms with van der Waals surface area (Å²) >= 11 is 0. The second-order valence-electron chi connectivity index (χ2n) is 4.77. The van der Waals surface area contributed by atoms with Crippen molar-refractivity contribution >= 4 is 0 Å². The predicted octanol–water partition coefficient (Wildman–Crippen LogP) is 3.82. The van der Waals surface area contributed by atoms with Gasteiger partial charge in [0.1, 0.15) is 12.4 Å². The molecule has 0 unspecified atom stereocenters. The van der Waals surface area contributed by atoms with Gasteiger partial charge in [0.2, 0.25) is 0 Å². The Bertz CT molecular complexity index is 601. The summed E-state index contributed by atoms with van der Waals surface area (Å²) < 4.78 is 24.8. The lowest BCUT2D eigenvalue weighted by Crippen LogP contribution is -2.11. The highest BCUT2D eigenvalue weighted by molar-refractivity contribution is 5.36. The number of para-hydroxylation sites is 1. The summed E-state index contributed by atoms with van der Waals surface area (Å²) in [6.45, 7) is 2.15. The number of hydrogen-bond acceptors (Lipinski definition) is 3. The van der Waals surface area contributed by atoms with E-state index in [-0.39, 0.29) is 18.4 Å². The van der Waals surface area contributed by atoms with Crippen molar-refractivity contribution < 1.29 is 13.9 Å². The third-order valence-corrected chi connectivity index (χ3v) is 3.40. The first kappa shape index (κ1) is 15.3. The lowest BCUT2D eigenvalue weighted by molar-refractivity contribution is 0.291. The summed E-state index contributed by atoms with van der Waals surface area (Å²) in [4.78, 5) is 0. The van der Waals surface area contributed by atoms with E-state index in [1.165, 1.54) is 7.11 Å². The molecule has 2 aromatic carbocycles. The van der Waals surface area contributed by atoms with Crippen LogP contribution in [-0.4, -0.2) is 7.11 Å². The maximum Gasteiger partial charge on any atom is 0.171 e. The summed E-state index contributed by atoms with van der Waals surface area (Å²) in [6.07, 6.45) is 0.813. The van der Waals surface area contributed by atoms with Gasteiger partial charge in [-0.05, 0) is 18.6 Å². The predicted molar refractivity (Wildman–Crippen MR) is 80.9 cm³/mol. The fraction of sp³-hybridized carbons (Fsp3) is 0.294. The molecule has 0 radical (unpaired) electrons. The molecule has 0 bridgehead atoms. The van der Waals surface area contributed by atoms with Crippen LogP contribution in [0.2, 0.25) is 0 Å². The van der Waals surface area contributed by atoms with Gasteiger partial charge >= 0.3 is 0 Å². The summed E-state index contributed by atoms with van der Waals surface area (Å²) in [7, 11) is 1.44. The quantitative estimate of drug-likeness (QED) is 0.879. The number of halogens is 1. The van der Waals surface area contributed by atoms with Crippen molar-refractivity contribution in [3.8, 4) is 11.5 Å². The minimum Gasteiger partial charge on any atom is -0.494 e. The molecular formula is C17H20FNO2. The first-order valence-electron chi connectivity index (χ1n) is 6.96. The van der Waals surface area contributed by atoms with Crippen LogP contribution in [0.25, 0.3) is 0 Å². The average Bonchev–Trinajstić information content (AvgIpc) is 2.53. The molecule has 0 saturated carbocycles. The molecular weight excluding hydrogens is 269 g/mol. The van der Waals surface area contributed by atoms with Gasteiger partial charge in [-0.2, -0.15) is 0 Å². The van der Waals surface area contributed by atoms with E-state index in [0.717, 1.165) is 12.0 Å². The molecule has 0 spiro atoms.